The minimum absolute atomic E-state index is 0.0232. The summed E-state index contributed by atoms with van der Waals surface area (Å²) in [5.41, 5.74) is 2.25. The predicted octanol–water partition coefficient (Wildman–Crippen LogP) is 5.54. The van der Waals surface area contributed by atoms with Crippen molar-refractivity contribution in [2.45, 2.75) is 12.1 Å². The molecule has 190 valence electrons. The molecule has 0 fully saturated rings. The first-order valence-corrected chi connectivity index (χ1v) is 12.5. The molecule has 2 aromatic heterocycles. The maximum absolute atomic E-state index is 13.3. The summed E-state index contributed by atoms with van der Waals surface area (Å²) in [7, 11) is 4.52. The van der Waals surface area contributed by atoms with E-state index in [9.17, 15) is 14.4 Å². The zero-order chi connectivity index (χ0) is 26.5. The number of hydrogen-bond acceptors (Lipinski definition) is 10. The maximum atomic E-state index is 13.3. The van der Waals surface area contributed by atoms with Crippen molar-refractivity contribution in [2.75, 3.05) is 32.4 Å². The van der Waals surface area contributed by atoms with E-state index < -0.39 is 0 Å². The number of thiophene rings is 1. The van der Waals surface area contributed by atoms with E-state index in [0.717, 1.165) is 16.6 Å². The first-order chi connectivity index (χ1) is 17.9. The number of nitriles is 1. The number of benzene rings is 2. The standard InChI is InChI=1S/C25H21FN4O5S2/c1-13-21(14-5-7-16(26)8-6-14)17(11-27)24(37-13)28-20(31)12-36-25-30-29-23(35-25)15-9-18(32-2)22(34-4)19(10-15)33-3/h5-10H,12H2,1-4H3,(H,28,31). The van der Waals surface area contributed by atoms with Gasteiger partial charge in [-0.2, -0.15) is 5.26 Å². The molecular formula is C25H21FN4O5S2. The second-order valence-corrected chi connectivity index (χ2v) is 9.63. The van der Waals surface area contributed by atoms with Gasteiger partial charge in [0.25, 0.3) is 5.22 Å². The summed E-state index contributed by atoms with van der Waals surface area (Å²) < 4.78 is 35.1. The van der Waals surface area contributed by atoms with Gasteiger partial charge in [0.2, 0.25) is 17.5 Å². The molecule has 0 aliphatic carbocycles. The van der Waals surface area contributed by atoms with Gasteiger partial charge in [0.1, 0.15) is 16.9 Å². The molecule has 2 heterocycles. The predicted molar refractivity (Wildman–Crippen MR) is 138 cm³/mol. The topological polar surface area (TPSA) is 120 Å². The van der Waals surface area contributed by atoms with Gasteiger partial charge in [0.15, 0.2) is 11.5 Å². The Balaban J connectivity index is 1.46. The zero-order valence-corrected chi connectivity index (χ0v) is 21.9. The van der Waals surface area contributed by atoms with Gasteiger partial charge in [0, 0.05) is 16.0 Å². The van der Waals surface area contributed by atoms with Crippen molar-refractivity contribution in [2.24, 2.45) is 0 Å². The number of hydrogen-bond donors (Lipinski definition) is 1. The lowest BCUT2D eigenvalue weighted by Crippen LogP contribution is -2.13. The Labute approximate surface area is 220 Å². The van der Waals surface area contributed by atoms with E-state index in [1.807, 2.05) is 6.92 Å². The molecule has 0 spiro atoms. The van der Waals surface area contributed by atoms with Crippen LogP contribution in [-0.2, 0) is 4.79 Å². The van der Waals surface area contributed by atoms with Crippen molar-refractivity contribution in [1.29, 1.82) is 5.26 Å². The fraction of sp³-hybridized carbons (Fsp3) is 0.200. The number of carbonyl (C=O) groups excluding carboxylic acids is 1. The van der Waals surface area contributed by atoms with Crippen molar-refractivity contribution in [3.8, 4) is 45.9 Å². The van der Waals surface area contributed by atoms with Crippen LogP contribution in [0.4, 0.5) is 9.39 Å². The van der Waals surface area contributed by atoms with Crippen LogP contribution < -0.4 is 19.5 Å². The van der Waals surface area contributed by atoms with E-state index in [4.69, 9.17) is 18.6 Å². The lowest BCUT2D eigenvalue weighted by molar-refractivity contribution is -0.113. The number of methoxy groups -OCH3 is 3. The molecule has 12 heteroatoms. The average molecular weight is 541 g/mol. The minimum atomic E-state index is -0.366. The Morgan fingerprint density at radius 1 is 1.11 bits per heavy atom. The highest BCUT2D eigenvalue weighted by Crippen LogP contribution is 2.42. The largest absolute Gasteiger partial charge is 0.493 e. The number of nitrogens with zero attached hydrogens (tertiary/aromatic N) is 3. The number of ether oxygens (including phenoxy) is 3. The summed E-state index contributed by atoms with van der Waals surface area (Å²) in [4.78, 5) is 13.5. The second kappa shape index (κ2) is 11.3. The van der Waals surface area contributed by atoms with Gasteiger partial charge in [-0.3, -0.25) is 4.79 Å². The Hall–Kier alpha value is -4.08. The number of halogens is 1. The van der Waals surface area contributed by atoms with Crippen LogP contribution in [0.15, 0.2) is 46.0 Å². The molecule has 0 aliphatic heterocycles. The van der Waals surface area contributed by atoms with Gasteiger partial charge in [-0.15, -0.1) is 21.5 Å². The fourth-order valence-corrected chi connectivity index (χ4v) is 5.19. The Morgan fingerprint density at radius 3 is 2.38 bits per heavy atom. The highest BCUT2D eigenvalue weighted by atomic mass is 32.2. The van der Waals surface area contributed by atoms with Crippen LogP contribution in [0.2, 0.25) is 0 Å². The minimum Gasteiger partial charge on any atom is -0.493 e. The van der Waals surface area contributed by atoms with Crippen molar-refractivity contribution < 1.29 is 27.8 Å². The van der Waals surface area contributed by atoms with Gasteiger partial charge in [0.05, 0.1) is 32.6 Å². The summed E-state index contributed by atoms with van der Waals surface area (Å²) in [6.45, 7) is 1.84. The number of anilines is 1. The summed E-state index contributed by atoms with van der Waals surface area (Å²) in [5.74, 6) is 0.779. The summed E-state index contributed by atoms with van der Waals surface area (Å²) in [6, 6.07) is 11.4. The molecular weight excluding hydrogens is 519 g/mol. The molecule has 0 unspecified atom stereocenters. The van der Waals surface area contributed by atoms with E-state index in [1.54, 1.807) is 24.3 Å². The molecule has 4 aromatic rings. The van der Waals surface area contributed by atoms with Crippen molar-refractivity contribution in [1.82, 2.24) is 10.2 Å². The molecule has 9 nitrogen and oxygen atoms in total. The number of aryl methyl sites for hydroxylation is 1. The summed E-state index contributed by atoms with van der Waals surface area (Å²) >= 11 is 2.34. The average Bonchev–Trinajstić information content (AvgIpc) is 3.50. The van der Waals surface area contributed by atoms with Gasteiger partial charge in [-0.1, -0.05) is 23.9 Å². The number of carbonyl (C=O) groups is 1. The van der Waals surface area contributed by atoms with Crippen LogP contribution in [0, 0.1) is 24.1 Å². The van der Waals surface area contributed by atoms with Gasteiger partial charge in [-0.05, 0) is 36.8 Å². The second-order valence-electron chi connectivity index (χ2n) is 7.48. The molecule has 1 N–H and O–H groups in total. The van der Waals surface area contributed by atoms with Crippen LogP contribution in [0.25, 0.3) is 22.6 Å². The first-order valence-electron chi connectivity index (χ1n) is 10.7. The Kier molecular flexibility index (Phi) is 7.95. The maximum Gasteiger partial charge on any atom is 0.277 e. The third kappa shape index (κ3) is 5.52. The van der Waals surface area contributed by atoms with Crippen molar-refractivity contribution in [3.63, 3.8) is 0 Å². The lowest BCUT2D eigenvalue weighted by atomic mass is 10.0. The fourth-order valence-electron chi connectivity index (χ4n) is 3.58. The lowest BCUT2D eigenvalue weighted by Gasteiger charge is -2.12. The molecule has 0 bridgehead atoms. The third-order valence-electron chi connectivity index (χ3n) is 5.23. The number of nitrogens with one attached hydrogen (secondary N) is 1. The number of rotatable bonds is 9. The third-order valence-corrected chi connectivity index (χ3v) is 7.07. The molecule has 4 rings (SSSR count). The van der Waals surface area contributed by atoms with E-state index in [1.165, 1.54) is 44.8 Å². The Morgan fingerprint density at radius 2 is 1.78 bits per heavy atom. The molecule has 2 aromatic carbocycles. The summed E-state index contributed by atoms with van der Waals surface area (Å²) in [5, 5.41) is 21.2. The van der Waals surface area contributed by atoms with Crippen LogP contribution >= 0.6 is 23.1 Å². The van der Waals surface area contributed by atoms with Crippen molar-refractivity contribution in [3.05, 3.63) is 52.7 Å². The highest BCUT2D eigenvalue weighted by Gasteiger charge is 2.21. The molecule has 37 heavy (non-hydrogen) atoms. The molecule has 0 saturated heterocycles. The van der Waals surface area contributed by atoms with E-state index in [0.29, 0.717) is 44.5 Å². The van der Waals surface area contributed by atoms with Crippen LogP contribution in [0.5, 0.6) is 17.2 Å². The quantitative estimate of drug-likeness (QED) is 0.273. The van der Waals surface area contributed by atoms with Crippen LogP contribution in [0.3, 0.4) is 0 Å². The van der Waals surface area contributed by atoms with Gasteiger partial charge in [-0.25, -0.2) is 4.39 Å². The van der Waals surface area contributed by atoms with Crippen molar-refractivity contribution >= 4 is 34.0 Å². The number of amides is 1. The number of aromatic nitrogens is 2. The first kappa shape index (κ1) is 26.0. The van der Waals surface area contributed by atoms with E-state index >= 15 is 0 Å². The molecule has 1 amide bonds. The van der Waals surface area contributed by atoms with Crippen LogP contribution in [0.1, 0.15) is 10.4 Å². The molecule has 0 saturated carbocycles. The Bertz CT molecular complexity index is 1450. The van der Waals surface area contributed by atoms with E-state index in [2.05, 4.69) is 21.6 Å². The SMILES string of the molecule is COc1cc(-c2nnc(SCC(=O)Nc3sc(C)c(-c4ccc(F)cc4)c3C#N)o2)cc(OC)c1OC. The smallest absolute Gasteiger partial charge is 0.277 e. The van der Waals surface area contributed by atoms with Crippen LogP contribution in [-0.4, -0.2) is 43.2 Å². The van der Waals surface area contributed by atoms with Gasteiger partial charge >= 0.3 is 0 Å². The molecule has 0 atom stereocenters. The van der Waals surface area contributed by atoms with Gasteiger partial charge < -0.3 is 23.9 Å². The monoisotopic (exact) mass is 540 g/mol. The number of thioether (sulfide) groups is 1. The molecule has 0 radical (unpaired) electrons. The normalized spacial score (nSPS) is 10.6. The zero-order valence-electron chi connectivity index (χ0n) is 20.2. The summed E-state index contributed by atoms with van der Waals surface area (Å²) in [6.07, 6.45) is 0. The van der Waals surface area contributed by atoms with E-state index in [-0.39, 0.29) is 28.6 Å². The highest BCUT2D eigenvalue weighted by molar-refractivity contribution is 7.99. The molecule has 0 aliphatic rings.